The first kappa shape index (κ1) is 21.2. The SMILES string of the molecule is O=C(NC1CC2(C1)CC(c1nc3cc(Cl)ccc3o1)C2)c1ccc(S(=O)(=O)CC2CCC2)o1. The molecule has 0 radical (unpaired) electrons. The maximum Gasteiger partial charge on any atom is 0.287 e. The number of fused-ring (bicyclic) bond motifs is 1. The molecule has 3 fully saturated rings. The predicted molar refractivity (Wildman–Crippen MR) is 122 cm³/mol. The van der Waals surface area contributed by atoms with Crippen LogP contribution in [-0.2, 0) is 9.84 Å². The smallest absolute Gasteiger partial charge is 0.287 e. The third-order valence-electron chi connectivity index (χ3n) is 7.56. The van der Waals surface area contributed by atoms with Crippen LogP contribution in [0, 0.1) is 11.3 Å². The quantitative estimate of drug-likeness (QED) is 0.517. The zero-order valence-electron chi connectivity index (χ0n) is 18.1. The van der Waals surface area contributed by atoms with Crippen molar-refractivity contribution in [1.29, 1.82) is 0 Å². The first-order valence-corrected chi connectivity index (χ1v) is 13.5. The summed E-state index contributed by atoms with van der Waals surface area (Å²) in [6.07, 6.45) is 6.74. The van der Waals surface area contributed by atoms with Crippen LogP contribution in [0.1, 0.15) is 67.3 Å². The third-order valence-corrected chi connectivity index (χ3v) is 9.54. The minimum atomic E-state index is -3.48. The minimum absolute atomic E-state index is 0.0553. The van der Waals surface area contributed by atoms with E-state index in [0.717, 1.165) is 61.9 Å². The summed E-state index contributed by atoms with van der Waals surface area (Å²) < 4.78 is 36.3. The van der Waals surface area contributed by atoms with Gasteiger partial charge < -0.3 is 14.2 Å². The van der Waals surface area contributed by atoms with E-state index in [-0.39, 0.29) is 39.9 Å². The van der Waals surface area contributed by atoms with Gasteiger partial charge in [0.15, 0.2) is 17.2 Å². The number of halogens is 1. The molecule has 0 atom stereocenters. The highest BCUT2D eigenvalue weighted by Gasteiger charge is 2.54. The Morgan fingerprint density at radius 3 is 2.64 bits per heavy atom. The lowest BCUT2D eigenvalue weighted by molar-refractivity contribution is -0.0256. The van der Waals surface area contributed by atoms with Crippen LogP contribution in [0.4, 0.5) is 0 Å². The van der Waals surface area contributed by atoms with Gasteiger partial charge >= 0.3 is 0 Å². The van der Waals surface area contributed by atoms with Crippen molar-refractivity contribution >= 4 is 38.4 Å². The number of carbonyl (C=O) groups excluding carboxylic acids is 1. The normalized spacial score (nSPS) is 27.2. The molecule has 1 spiro atoms. The maximum atomic E-state index is 12.6. The van der Waals surface area contributed by atoms with Gasteiger partial charge in [0, 0.05) is 17.0 Å². The van der Waals surface area contributed by atoms with Gasteiger partial charge in [-0.2, -0.15) is 0 Å². The van der Waals surface area contributed by atoms with Crippen LogP contribution in [0.5, 0.6) is 0 Å². The van der Waals surface area contributed by atoms with Crippen molar-refractivity contribution in [2.45, 2.75) is 62.0 Å². The number of nitrogens with one attached hydrogen (secondary N) is 1. The fourth-order valence-electron chi connectivity index (χ4n) is 5.59. The summed E-state index contributed by atoms with van der Waals surface area (Å²) in [5.41, 5.74) is 1.76. The first-order valence-electron chi connectivity index (χ1n) is 11.5. The number of hydrogen-bond donors (Lipinski definition) is 1. The van der Waals surface area contributed by atoms with Gasteiger partial charge in [0.05, 0.1) is 5.75 Å². The summed E-state index contributed by atoms with van der Waals surface area (Å²) in [7, 11) is -3.48. The maximum absolute atomic E-state index is 12.6. The number of carbonyl (C=O) groups is 1. The molecule has 3 aliphatic carbocycles. The molecule has 2 aromatic heterocycles. The monoisotopic (exact) mass is 488 g/mol. The molecule has 0 unspecified atom stereocenters. The molecule has 2 heterocycles. The van der Waals surface area contributed by atoms with E-state index < -0.39 is 9.84 Å². The second-order valence-electron chi connectivity index (χ2n) is 10.0. The molecule has 1 N–H and O–H groups in total. The van der Waals surface area contributed by atoms with Crippen molar-refractivity contribution in [3.63, 3.8) is 0 Å². The summed E-state index contributed by atoms with van der Waals surface area (Å²) in [5, 5.41) is 3.52. The van der Waals surface area contributed by atoms with Gasteiger partial charge in [-0.05, 0) is 80.2 Å². The van der Waals surface area contributed by atoms with Crippen LogP contribution >= 0.6 is 11.6 Å². The van der Waals surface area contributed by atoms with Gasteiger partial charge in [0.25, 0.3) is 5.91 Å². The van der Waals surface area contributed by atoms with Crippen LogP contribution in [0.3, 0.4) is 0 Å². The molecule has 9 heteroatoms. The molecule has 3 aliphatic rings. The Hall–Kier alpha value is -2.32. The summed E-state index contributed by atoms with van der Waals surface area (Å²) in [4.78, 5) is 17.2. The van der Waals surface area contributed by atoms with Crippen molar-refractivity contribution in [3.05, 3.63) is 47.0 Å². The summed E-state index contributed by atoms with van der Waals surface area (Å²) in [5.74, 6) is 1.06. The molecule has 174 valence electrons. The van der Waals surface area contributed by atoms with Crippen LogP contribution in [-0.4, -0.2) is 31.1 Å². The Bertz CT molecular complexity index is 1330. The molecule has 7 nitrogen and oxygen atoms in total. The van der Waals surface area contributed by atoms with Gasteiger partial charge in [-0.15, -0.1) is 0 Å². The highest BCUT2D eigenvalue weighted by atomic mass is 35.5. The minimum Gasteiger partial charge on any atom is -0.440 e. The molecule has 3 aromatic rings. The van der Waals surface area contributed by atoms with Gasteiger partial charge in [0.1, 0.15) is 5.52 Å². The van der Waals surface area contributed by atoms with E-state index in [0.29, 0.717) is 10.9 Å². The van der Waals surface area contributed by atoms with E-state index >= 15 is 0 Å². The fraction of sp³-hybridized carbons (Fsp3) is 0.500. The number of furan rings is 1. The van der Waals surface area contributed by atoms with Crippen LogP contribution in [0.15, 0.2) is 44.3 Å². The fourth-order valence-corrected chi connectivity index (χ4v) is 7.37. The zero-order chi connectivity index (χ0) is 22.8. The third kappa shape index (κ3) is 3.87. The van der Waals surface area contributed by atoms with Gasteiger partial charge in [0.2, 0.25) is 14.9 Å². The van der Waals surface area contributed by atoms with E-state index in [1.807, 2.05) is 12.1 Å². The standard InChI is InChI=1S/C24H25ClN2O5S/c25-16-4-5-19-18(8-16)27-23(32-19)15-9-24(10-15)11-17(12-24)26-22(28)20-6-7-21(31-20)33(29,30)13-14-2-1-3-14/h4-8,14-15,17H,1-3,9-13H2,(H,26,28). The van der Waals surface area contributed by atoms with Crippen molar-refractivity contribution in [2.24, 2.45) is 11.3 Å². The van der Waals surface area contributed by atoms with Crippen molar-refractivity contribution in [3.8, 4) is 0 Å². The Morgan fingerprint density at radius 1 is 1.12 bits per heavy atom. The molecular formula is C24H25ClN2O5S. The summed E-state index contributed by atoms with van der Waals surface area (Å²) in [6, 6.07) is 8.38. The zero-order valence-corrected chi connectivity index (χ0v) is 19.6. The average molecular weight is 489 g/mol. The molecule has 33 heavy (non-hydrogen) atoms. The second-order valence-corrected chi connectivity index (χ2v) is 12.4. The second kappa shape index (κ2) is 7.60. The predicted octanol–water partition coefficient (Wildman–Crippen LogP) is 5.10. The summed E-state index contributed by atoms with van der Waals surface area (Å²) in [6.45, 7) is 0. The largest absolute Gasteiger partial charge is 0.440 e. The molecule has 0 saturated heterocycles. The van der Waals surface area contributed by atoms with E-state index in [1.165, 1.54) is 12.1 Å². The van der Waals surface area contributed by atoms with E-state index in [1.54, 1.807) is 6.07 Å². The lowest BCUT2D eigenvalue weighted by Crippen LogP contribution is -2.55. The number of aromatic nitrogens is 1. The van der Waals surface area contributed by atoms with E-state index in [2.05, 4.69) is 10.3 Å². The molecule has 1 amide bonds. The Labute approximate surface area is 196 Å². The highest BCUT2D eigenvalue weighted by molar-refractivity contribution is 7.91. The van der Waals surface area contributed by atoms with Crippen LogP contribution < -0.4 is 5.32 Å². The lowest BCUT2D eigenvalue weighted by atomic mass is 9.50. The molecule has 0 bridgehead atoms. The highest BCUT2D eigenvalue weighted by Crippen LogP contribution is 2.61. The first-order chi connectivity index (χ1) is 15.8. The van der Waals surface area contributed by atoms with Crippen LogP contribution in [0.25, 0.3) is 11.1 Å². The lowest BCUT2D eigenvalue weighted by Gasteiger charge is -2.57. The Morgan fingerprint density at radius 2 is 1.91 bits per heavy atom. The molecule has 3 saturated carbocycles. The molecular weight excluding hydrogens is 464 g/mol. The van der Waals surface area contributed by atoms with E-state index in [9.17, 15) is 13.2 Å². The summed E-state index contributed by atoms with van der Waals surface area (Å²) >= 11 is 6.03. The average Bonchev–Trinajstić information content (AvgIpc) is 3.32. The van der Waals surface area contributed by atoms with Gasteiger partial charge in [-0.25, -0.2) is 13.4 Å². The van der Waals surface area contributed by atoms with Crippen LogP contribution in [0.2, 0.25) is 5.02 Å². The topological polar surface area (TPSA) is 102 Å². The number of hydrogen-bond acceptors (Lipinski definition) is 6. The molecule has 1 aromatic carbocycles. The number of benzene rings is 1. The Balaban J connectivity index is 1.02. The van der Waals surface area contributed by atoms with Gasteiger partial charge in [-0.3, -0.25) is 4.79 Å². The number of sulfone groups is 1. The molecule has 6 rings (SSSR count). The van der Waals surface area contributed by atoms with E-state index in [4.69, 9.17) is 20.4 Å². The Kier molecular flexibility index (Phi) is 4.89. The van der Waals surface area contributed by atoms with Crippen molar-refractivity contribution < 1.29 is 22.0 Å². The number of rotatable bonds is 6. The molecule has 0 aliphatic heterocycles. The number of nitrogens with zero attached hydrogens (tertiary/aromatic N) is 1. The number of amides is 1. The van der Waals surface area contributed by atoms with Crippen molar-refractivity contribution in [1.82, 2.24) is 10.3 Å². The van der Waals surface area contributed by atoms with Crippen molar-refractivity contribution in [2.75, 3.05) is 5.75 Å². The van der Waals surface area contributed by atoms with Gasteiger partial charge in [-0.1, -0.05) is 18.0 Å². The number of oxazole rings is 1.